The summed E-state index contributed by atoms with van der Waals surface area (Å²) in [6, 6.07) is 1.58. The third kappa shape index (κ3) is 1.70. The number of hydrogen-bond donors (Lipinski definition) is 2. The van der Waals surface area contributed by atoms with Crippen LogP contribution in [0, 0.1) is 0 Å². The molecule has 2 aromatic rings. The molecule has 0 atom stereocenters. The third-order valence-electron chi connectivity index (χ3n) is 1.97. The largest absolute Gasteiger partial charge is 0.381 e. The summed E-state index contributed by atoms with van der Waals surface area (Å²) >= 11 is 0. The summed E-state index contributed by atoms with van der Waals surface area (Å²) in [5.74, 6) is 0.396. The highest BCUT2D eigenvalue weighted by Crippen LogP contribution is 2.09. The van der Waals surface area contributed by atoms with Gasteiger partial charge in [-0.3, -0.25) is 4.79 Å². The number of carbonyl (C=O) groups is 1. The Balaban J connectivity index is 2.39. The van der Waals surface area contributed by atoms with Gasteiger partial charge in [0.05, 0.1) is 0 Å². The molecule has 0 unspecified atom stereocenters. The maximum atomic E-state index is 11.3. The van der Waals surface area contributed by atoms with Crippen LogP contribution in [-0.2, 0) is 0 Å². The molecule has 0 spiro atoms. The van der Waals surface area contributed by atoms with Crippen molar-refractivity contribution in [3.63, 3.8) is 0 Å². The van der Waals surface area contributed by atoms with E-state index in [4.69, 9.17) is 5.73 Å². The molecule has 1 amide bonds. The minimum atomic E-state index is -0.263. The van der Waals surface area contributed by atoms with Gasteiger partial charge in [0, 0.05) is 25.6 Å². The van der Waals surface area contributed by atoms with E-state index in [9.17, 15) is 4.79 Å². The molecule has 0 saturated carbocycles. The number of anilines is 1. The summed E-state index contributed by atoms with van der Waals surface area (Å²) in [5, 5.41) is 6.51. The van der Waals surface area contributed by atoms with Gasteiger partial charge in [0.25, 0.3) is 5.91 Å². The number of nitrogens with zero attached hydrogens (tertiary/aromatic N) is 4. The maximum absolute atomic E-state index is 11.3. The van der Waals surface area contributed by atoms with E-state index in [2.05, 4.69) is 20.4 Å². The highest BCUT2D eigenvalue weighted by atomic mass is 16.1. The van der Waals surface area contributed by atoms with Gasteiger partial charge >= 0.3 is 0 Å². The summed E-state index contributed by atoms with van der Waals surface area (Å²) in [6.45, 7) is 0. The van der Waals surface area contributed by atoms with Gasteiger partial charge < -0.3 is 11.1 Å². The highest BCUT2D eigenvalue weighted by Gasteiger charge is 2.10. The van der Waals surface area contributed by atoms with E-state index in [1.54, 1.807) is 12.3 Å². The van der Waals surface area contributed by atoms with Crippen molar-refractivity contribution >= 4 is 11.7 Å². The fourth-order valence-corrected chi connectivity index (χ4v) is 1.21. The second-order valence-electron chi connectivity index (χ2n) is 2.99. The molecule has 0 bridgehead atoms. The molecule has 82 valence electrons. The first-order chi connectivity index (χ1) is 7.72. The topological polar surface area (TPSA) is 98.7 Å². The Kier molecular flexibility index (Phi) is 2.50. The van der Waals surface area contributed by atoms with E-state index in [1.165, 1.54) is 24.1 Å². The average Bonchev–Trinajstić information content (AvgIpc) is 2.78. The van der Waals surface area contributed by atoms with E-state index in [0.29, 0.717) is 11.5 Å². The first-order valence-electron chi connectivity index (χ1n) is 4.57. The molecular weight excluding hydrogens is 208 g/mol. The van der Waals surface area contributed by atoms with Gasteiger partial charge in [0.2, 0.25) is 0 Å². The van der Waals surface area contributed by atoms with Gasteiger partial charge in [-0.1, -0.05) is 0 Å². The van der Waals surface area contributed by atoms with Crippen molar-refractivity contribution in [2.24, 2.45) is 0 Å². The zero-order chi connectivity index (χ0) is 11.5. The van der Waals surface area contributed by atoms with Crippen LogP contribution in [0.1, 0.15) is 10.5 Å². The second kappa shape index (κ2) is 3.97. The smallest absolute Gasteiger partial charge is 0.271 e. The van der Waals surface area contributed by atoms with Crippen LogP contribution in [0.3, 0.4) is 0 Å². The van der Waals surface area contributed by atoms with Gasteiger partial charge in [0.15, 0.2) is 17.3 Å². The number of nitrogens with one attached hydrogen (secondary N) is 1. The predicted molar refractivity (Wildman–Crippen MR) is 57.0 cm³/mol. The van der Waals surface area contributed by atoms with Crippen molar-refractivity contribution in [3.05, 3.63) is 30.4 Å². The lowest BCUT2D eigenvalue weighted by atomic mass is 10.4. The first kappa shape index (κ1) is 10.1. The predicted octanol–water partition coefficient (Wildman–Crippen LogP) is -0.396. The Hall–Kier alpha value is -2.44. The molecule has 3 N–H and O–H groups in total. The zero-order valence-electron chi connectivity index (χ0n) is 8.58. The van der Waals surface area contributed by atoms with Crippen LogP contribution in [0.2, 0.25) is 0 Å². The van der Waals surface area contributed by atoms with Gasteiger partial charge in [-0.15, -0.1) is 0 Å². The quantitative estimate of drug-likeness (QED) is 0.714. The lowest BCUT2D eigenvalue weighted by Crippen LogP contribution is -2.18. The Morgan fingerprint density at radius 1 is 1.44 bits per heavy atom. The molecule has 7 heteroatoms. The molecule has 0 aliphatic rings. The summed E-state index contributed by atoms with van der Waals surface area (Å²) in [7, 11) is 1.54. The molecule has 0 radical (unpaired) electrons. The molecule has 0 fully saturated rings. The fraction of sp³-hybridized carbons (Fsp3) is 0.111. The molecule has 16 heavy (non-hydrogen) atoms. The van der Waals surface area contributed by atoms with Crippen molar-refractivity contribution in [2.75, 3.05) is 12.8 Å². The van der Waals surface area contributed by atoms with Crippen LogP contribution < -0.4 is 11.1 Å². The van der Waals surface area contributed by atoms with Crippen LogP contribution in [0.5, 0.6) is 0 Å². The Labute approximate surface area is 91.3 Å². The molecular formula is C9H10N6O. The molecule has 0 aliphatic carbocycles. The minimum absolute atomic E-state index is 0.258. The number of aromatic nitrogens is 4. The molecule has 2 heterocycles. The summed E-state index contributed by atoms with van der Waals surface area (Å²) < 4.78 is 1.41. The second-order valence-corrected chi connectivity index (χ2v) is 2.99. The molecule has 7 nitrogen and oxygen atoms in total. The summed E-state index contributed by atoms with van der Waals surface area (Å²) in [4.78, 5) is 19.2. The van der Waals surface area contributed by atoms with Crippen LogP contribution in [0.25, 0.3) is 5.82 Å². The van der Waals surface area contributed by atoms with Gasteiger partial charge in [-0.25, -0.2) is 14.6 Å². The lowest BCUT2D eigenvalue weighted by molar-refractivity contribution is 0.0957. The van der Waals surface area contributed by atoms with Crippen molar-refractivity contribution in [3.8, 4) is 5.82 Å². The Morgan fingerprint density at radius 2 is 2.19 bits per heavy atom. The third-order valence-corrected chi connectivity index (χ3v) is 1.97. The number of nitrogen functional groups attached to an aromatic ring is 1. The van der Waals surface area contributed by atoms with Crippen molar-refractivity contribution in [1.82, 2.24) is 25.1 Å². The molecule has 2 aromatic heterocycles. The van der Waals surface area contributed by atoms with Gasteiger partial charge in [-0.2, -0.15) is 5.10 Å². The number of hydrogen-bond acceptors (Lipinski definition) is 5. The van der Waals surface area contributed by atoms with Gasteiger partial charge in [0.1, 0.15) is 0 Å². The van der Waals surface area contributed by atoms with E-state index in [1.807, 2.05) is 0 Å². The maximum Gasteiger partial charge on any atom is 0.271 e. The van der Waals surface area contributed by atoms with Crippen LogP contribution >= 0.6 is 0 Å². The first-order valence-corrected chi connectivity index (χ1v) is 4.57. The van der Waals surface area contributed by atoms with Crippen molar-refractivity contribution in [1.29, 1.82) is 0 Å². The highest BCUT2D eigenvalue weighted by molar-refractivity contribution is 5.91. The van der Waals surface area contributed by atoms with Crippen molar-refractivity contribution in [2.45, 2.75) is 0 Å². The SMILES string of the molecule is CNC(=O)c1ccn(-c2nccnc2N)n1. The van der Waals surface area contributed by atoms with Crippen molar-refractivity contribution < 1.29 is 4.79 Å². The normalized spacial score (nSPS) is 10.1. The summed E-state index contributed by atoms with van der Waals surface area (Å²) in [5.41, 5.74) is 5.93. The van der Waals surface area contributed by atoms with Crippen LogP contribution in [-0.4, -0.2) is 32.7 Å². The number of amides is 1. The van der Waals surface area contributed by atoms with E-state index in [0.717, 1.165) is 0 Å². The minimum Gasteiger partial charge on any atom is -0.381 e. The number of nitrogens with two attached hydrogens (primary N) is 1. The van der Waals surface area contributed by atoms with E-state index in [-0.39, 0.29) is 11.7 Å². The average molecular weight is 218 g/mol. The Bertz CT molecular complexity index is 520. The molecule has 0 saturated heterocycles. The summed E-state index contributed by atoms with van der Waals surface area (Å²) in [6.07, 6.45) is 4.60. The monoisotopic (exact) mass is 218 g/mol. The number of carbonyl (C=O) groups excluding carboxylic acids is 1. The standard InChI is InChI=1S/C9H10N6O/c1-11-9(16)6-2-5-15(14-6)8-7(10)12-3-4-13-8/h2-5H,1H3,(H2,10,12)(H,11,16). The Morgan fingerprint density at radius 3 is 2.88 bits per heavy atom. The van der Waals surface area contributed by atoms with E-state index < -0.39 is 0 Å². The fourth-order valence-electron chi connectivity index (χ4n) is 1.21. The lowest BCUT2D eigenvalue weighted by Gasteiger charge is -2.01. The van der Waals surface area contributed by atoms with E-state index >= 15 is 0 Å². The van der Waals surface area contributed by atoms with Gasteiger partial charge in [-0.05, 0) is 6.07 Å². The molecule has 0 aliphatic heterocycles. The number of rotatable bonds is 2. The van der Waals surface area contributed by atoms with Crippen LogP contribution in [0.4, 0.5) is 5.82 Å². The molecule has 0 aromatic carbocycles. The zero-order valence-corrected chi connectivity index (χ0v) is 8.58. The molecule has 2 rings (SSSR count). The van der Waals surface area contributed by atoms with Crippen LogP contribution in [0.15, 0.2) is 24.7 Å².